The van der Waals surface area contributed by atoms with Crippen LogP contribution in [0, 0.1) is 5.92 Å². The van der Waals surface area contributed by atoms with Crippen molar-refractivity contribution in [1.82, 2.24) is 5.32 Å². The monoisotopic (exact) mass is 234 g/mol. The number of benzene rings is 1. The summed E-state index contributed by atoms with van der Waals surface area (Å²) in [5.41, 5.74) is 0.861. The molecule has 0 unspecified atom stereocenters. The van der Waals surface area contributed by atoms with Crippen LogP contribution >= 0.6 is 0 Å². The van der Waals surface area contributed by atoms with Crippen molar-refractivity contribution in [1.29, 1.82) is 0 Å². The molecule has 0 saturated heterocycles. The van der Waals surface area contributed by atoms with Crippen molar-refractivity contribution < 1.29 is 4.79 Å². The lowest BCUT2D eigenvalue weighted by atomic mass is 10.1. The van der Waals surface area contributed by atoms with Crippen LogP contribution in [0.3, 0.4) is 0 Å². The average Bonchev–Trinajstić information content (AvgIpc) is 2.29. The molecule has 0 aromatic heterocycles. The first kappa shape index (κ1) is 13.7. The zero-order valence-corrected chi connectivity index (χ0v) is 10.7. The summed E-state index contributed by atoms with van der Waals surface area (Å²) in [5, 5.41) is 6.14. The molecule has 1 aromatic rings. The Kier molecular flexibility index (Phi) is 6.33. The summed E-state index contributed by atoms with van der Waals surface area (Å²) in [6.45, 7) is 6.12. The number of amides is 1. The highest BCUT2D eigenvalue weighted by Gasteiger charge is 2.01. The average molecular weight is 234 g/mol. The minimum absolute atomic E-state index is 0.0632. The lowest BCUT2D eigenvalue weighted by molar-refractivity contribution is -0.116. The molecule has 1 amide bonds. The summed E-state index contributed by atoms with van der Waals surface area (Å²) in [5.74, 6) is 0.772. The molecule has 0 heterocycles. The summed E-state index contributed by atoms with van der Waals surface area (Å²) < 4.78 is 0. The minimum atomic E-state index is 0.0632. The van der Waals surface area contributed by atoms with Crippen LogP contribution in [-0.2, 0) is 4.79 Å². The maximum Gasteiger partial charge on any atom is 0.225 e. The number of rotatable bonds is 7. The molecule has 0 bridgehead atoms. The van der Waals surface area contributed by atoms with E-state index in [-0.39, 0.29) is 5.91 Å². The van der Waals surface area contributed by atoms with Crippen molar-refractivity contribution in [2.45, 2.75) is 26.7 Å². The second-order valence-electron chi connectivity index (χ2n) is 4.60. The van der Waals surface area contributed by atoms with Crippen LogP contribution in [0.4, 0.5) is 5.69 Å². The van der Waals surface area contributed by atoms with E-state index in [1.54, 1.807) is 0 Å². The minimum Gasteiger partial charge on any atom is -0.326 e. The first-order chi connectivity index (χ1) is 8.18. The number of nitrogens with one attached hydrogen (secondary N) is 2. The van der Waals surface area contributed by atoms with Crippen molar-refractivity contribution in [3.63, 3.8) is 0 Å². The lowest BCUT2D eigenvalue weighted by Gasteiger charge is -2.07. The quantitative estimate of drug-likeness (QED) is 0.712. The number of carbonyl (C=O) groups excluding carboxylic acids is 1. The third-order valence-corrected chi connectivity index (χ3v) is 2.48. The Bertz CT molecular complexity index is 322. The summed E-state index contributed by atoms with van der Waals surface area (Å²) in [4.78, 5) is 11.6. The molecule has 0 atom stereocenters. The van der Waals surface area contributed by atoms with Gasteiger partial charge >= 0.3 is 0 Å². The van der Waals surface area contributed by atoms with Crippen LogP contribution in [-0.4, -0.2) is 19.0 Å². The van der Waals surface area contributed by atoms with Crippen molar-refractivity contribution in [2.24, 2.45) is 5.92 Å². The van der Waals surface area contributed by atoms with Gasteiger partial charge in [-0.05, 0) is 31.0 Å². The molecule has 0 saturated carbocycles. The molecule has 1 aromatic carbocycles. The van der Waals surface area contributed by atoms with Gasteiger partial charge in [0.05, 0.1) is 0 Å². The fourth-order valence-corrected chi connectivity index (χ4v) is 1.46. The molecule has 0 spiro atoms. The number of hydrogen-bond donors (Lipinski definition) is 2. The van der Waals surface area contributed by atoms with Crippen molar-refractivity contribution >= 4 is 11.6 Å². The Morgan fingerprint density at radius 1 is 1.18 bits per heavy atom. The van der Waals surface area contributed by atoms with Gasteiger partial charge in [0.15, 0.2) is 0 Å². The van der Waals surface area contributed by atoms with Gasteiger partial charge in [0.2, 0.25) is 5.91 Å². The topological polar surface area (TPSA) is 41.1 Å². The van der Waals surface area contributed by atoms with Gasteiger partial charge in [0, 0.05) is 18.7 Å². The van der Waals surface area contributed by atoms with Gasteiger partial charge in [-0.25, -0.2) is 0 Å². The maximum absolute atomic E-state index is 11.6. The fraction of sp³-hybridized carbons (Fsp3) is 0.500. The Hall–Kier alpha value is -1.35. The van der Waals surface area contributed by atoms with E-state index in [9.17, 15) is 4.79 Å². The normalized spacial score (nSPS) is 10.5. The van der Waals surface area contributed by atoms with Gasteiger partial charge < -0.3 is 10.6 Å². The van der Waals surface area contributed by atoms with Crippen LogP contribution in [0.5, 0.6) is 0 Å². The molecule has 1 rings (SSSR count). The third-order valence-electron chi connectivity index (χ3n) is 2.48. The van der Waals surface area contributed by atoms with E-state index < -0.39 is 0 Å². The molecular weight excluding hydrogens is 212 g/mol. The number of hydrogen-bond acceptors (Lipinski definition) is 2. The van der Waals surface area contributed by atoms with E-state index in [0.29, 0.717) is 12.3 Å². The summed E-state index contributed by atoms with van der Waals surface area (Å²) in [6.07, 6.45) is 1.67. The smallest absolute Gasteiger partial charge is 0.225 e. The van der Waals surface area contributed by atoms with Gasteiger partial charge in [0.1, 0.15) is 0 Å². The highest BCUT2D eigenvalue weighted by Crippen LogP contribution is 2.04. The SMILES string of the molecule is CC(C)CCNCCC(=O)Nc1ccccc1. The second kappa shape index (κ2) is 7.85. The zero-order chi connectivity index (χ0) is 12.5. The summed E-state index contributed by atoms with van der Waals surface area (Å²) >= 11 is 0. The first-order valence-electron chi connectivity index (χ1n) is 6.24. The molecule has 0 fully saturated rings. The Morgan fingerprint density at radius 3 is 2.53 bits per heavy atom. The Labute approximate surface area is 104 Å². The number of carbonyl (C=O) groups is 1. The van der Waals surface area contributed by atoms with Crippen LogP contribution < -0.4 is 10.6 Å². The number of anilines is 1. The highest BCUT2D eigenvalue weighted by atomic mass is 16.1. The van der Waals surface area contributed by atoms with Crippen LogP contribution in [0.15, 0.2) is 30.3 Å². The zero-order valence-electron chi connectivity index (χ0n) is 10.7. The number of para-hydroxylation sites is 1. The van der Waals surface area contributed by atoms with Crippen molar-refractivity contribution in [2.75, 3.05) is 18.4 Å². The van der Waals surface area contributed by atoms with E-state index in [1.165, 1.54) is 0 Å². The molecule has 3 nitrogen and oxygen atoms in total. The van der Waals surface area contributed by atoms with Crippen LogP contribution in [0.1, 0.15) is 26.7 Å². The van der Waals surface area contributed by atoms with Crippen molar-refractivity contribution in [3.8, 4) is 0 Å². The van der Waals surface area contributed by atoms with E-state index in [4.69, 9.17) is 0 Å². The summed E-state index contributed by atoms with van der Waals surface area (Å²) in [6, 6.07) is 9.55. The second-order valence-corrected chi connectivity index (χ2v) is 4.60. The van der Waals surface area contributed by atoms with Gasteiger partial charge in [0.25, 0.3) is 0 Å². The first-order valence-corrected chi connectivity index (χ1v) is 6.24. The summed E-state index contributed by atoms with van der Waals surface area (Å²) in [7, 11) is 0. The molecule has 17 heavy (non-hydrogen) atoms. The third kappa shape index (κ3) is 6.74. The van der Waals surface area contributed by atoms with Crippen molar-refractivity contribution in [3.05, 3.63) is 30.3 Å². The highest BCUT2D eigenvalue weighted by molar-refractivity contribution is 5.90. The fourth-order valence-electron chi connectivity index (χ4n) is 1.46. The van der Waals surface area contributed by atoms with E-state index in [0.717, 1.165) is 25.2 Å². The van der Waals surface area contributed by atoms with E-state index in [2.05, 4.69) is 24.5 Å². The predicted molar refractivity (Wildman–Crippen MR) is 72.0 cm³/mol. The maximum atomic E-state index is 11.6. The largest absolute Gasteiger partial charge is 0.326 e. The predicted octanol–water partition coefficient (Wildman–Crippen LogP) is 2.65. The van der Waals surface area contributed by atoms with Gasteiger partial charge in [-0.3, -0.25) is 4.79 Å². The molecule has 0 radical (unpaired) electrons. The van der Waals surface area contributed by atoms with E-state index in [1.807, 2.05) is 30.3 Å². The molecule has 0 aliphatic carbocycles. The lowest BCUT2D eigenvalue weighted by Crippen LogP contribution is -2.23. The molecule has 2 N–H and O–H groups in total. The standard InChI is InChI=1S/C14H22N2O/c1-12(2)8-10-15-11-9-14(17)16-13-6-4-3-5-7-13/h3-7,12,15H,8-11H2,1-2H3,(H,16,17). The van der Waals surface area contributed by atoms with Crippen LogP contribution in [0.25, 0.3) is 0 Å². The van der Waals surface area contributed by atoms with E-state index >= 15 is 0 Å². The Balaban J connectivity index is 2.10. The molecule has 0 aliphatic heterocycles. The van der Waals surface area contributed by atoms with Gasteiger partial charge in [-0.15, -0.1) is 0 Å². The molecule has 94 valence electrons. The molecule has 0 aliphatic rings. The van der Waals surface area contributed by atoms with Gasteiger partial charge in [-0.2, -0.15) is 0 Å². The van der Waals surface area contributed by atoms with Crippen LogP contribution in [0.2, 0.25) is 0 Å². The van der Waals surface area contributed by atoms with Gasteiger partial charge in [-0.1, -0.05) is 32.0 Å². The molecular formula is C14H22N2O. The Morgan fingerprint density at radius 2 is 1.88 bits per heavy atom. The molecule has 3 heteroatoms.